The maximum absolute atomic E-state index is 12.0. The van der Waals surface area contributed by atoms with Crippen LogP contribution in [0.5, 0.6) is 5.75 Å². The van der Waals surface area contributed by atoms with E-state index in [-0.39, 0.29) is 18.5 Å². The molecule has 6 nitrogen and oxygen atoms in total. The Morgan fingerprint density at radius 2 is 1.96 bits per heavy atom. The Balaban J connectivity index is 1.58. The van der Waals surface area contributed by atoms with Gasteiger partial charge in [0.05, 0.1) is 0 Å². The standard InChI is InChI=1S/C18H17ClN4O2/c1-11-3-5-13(6-4-11)17-21-18(23-22-17)20-16(24)10-25-14-7-8-15(19)12(2)9-14/h3-9H,10H2,1-2H3,(H2,20,21,22,23,24). The molecule has 128 valence electrons. The molecule has 0 saturated heterocycles. The lowest BCUT2D eigenvalue weighted by molar-refractivity contribution is -0.118. The Kier molecular flexibility index (Phi) is 5.00. The van der Waals surface area contributed by atoms with Gasteiger partial charge in [-0.15, -0.1) is 5.10 Å². The summed E-state index contributed by atoms with van der Waals surface area (Å²) in [4.78, 5) is 16.2. The number of H-pyrrole nitrogens is 1. The van der Waals surface area contributed by atoms with Crippen molar-refractivity contribution in [2.24, 2.45) is 0 Å². The first-order valence-electron chi connectivity index (χ1n) is 7.69. The van der Waals surface area contributed by atoms with E-state index in [2.05, 4.69) is 20.5 Å². The first-order valence-corrected chi connectivity index (χ1v) is 8.07. The highest BCUT2D eigenvalue weighted by molar-refractivity contribution is 6.31. The predicted octanol–water partition coefficient (Wildman–Crippen LogP) is 3.76. The second kappa shape index (κ2) is 7.36. The summed E-state index contributed by atoms with van der Waals surface area (Å²) in [6.07, 6.45) is 0. The van der Waals surface area contributed by atoms with Crippen LogP contribution in [0.2, 0.25) is 5.02 Å². The van der Waals surface area contributed by atoms with Gasteiger partial charge in [0.25, 0.3) is 5.91 Å². The fourth-order valence-corrected chi connectivity index (χ4v) is 2.29. The number of aromatic nitrogens is 3. The van der Waals surface area contributed by atoms with Gasteiger partial charge in [0.2, 0.25) is 5.95 Å². The fourth-order valence-electron chi connectivity index (χ4n) is 2.17. The third-order valence-corrected chi connectivity index (χ3v) is 3.99. The first kappa shape index (κ1) is 17.0. The fraction of sp³-hybridized carbons (Fsp3) is 0.167. The third-order valence-electron chi connectivity index (χ3n) is 3.56. The number of benzene rings is 2. The molecule has 1 amide bonds. The maximum Gasteiger partial charge on any atom is 0.264 e. The lowest BCUT2D eigenvalue weighted by Crippen LogP contribution is -2.20. The first-order chi connectivity index (χ1) is 12.0. The van der Waals surface area contributed by atoms with Crippen molar-refractivity contribution >= 4 is 23.5 Å². The minimum atomic E-state index is -0.345. The number of anilines is 1. The molecule has 0 bridgehead atoms. The van der Waals surface area contributed by atoms with Crippen LogP contribution in [0.25, 0.3) is 11.4 Å². The molecule has 0 aliphatic rings. The molecule has 1 heterocycles. The molecule has 0 spiro atoms. The van der Waals surface area contributed by atoms with E-state index in [4.69, 9.17) is 16.3 Å². The van der Waals surface area contributed by atoms with Crippen LogP contribution in [-0.2, 0) is 4.79 Å². The second-order valence-corrected chi connectivity index (χ2v) is 6.03. The molecule has 2 aromatic carbocycles. The number of nitrogens with one attached hydrogen (secondary N) is 2. The Morgan fingerprint density at radius 3 is 2.68 bits per heavy atom. The van der Waals surface area contributed by atoms with E-state index in [0.29, 0.717) is 16.6 Å². The second-order valence-electron chi connectivity index (χ2n) is 5.62. The van der Waals surface area contributed by atoms with Crippen molar-refractivity contribution < 1.29 is 9.53 Å². The average Bonchev–Trinajstić information content (AvgIpc) is 3.05. The number of carbonyl (C=O) groups is 1. The molecule has 2 N–H and O–H groups in total. The van der Waals surface area contributed by atoms with Gasteiger partial charge in [0.15, 0.2) is 12.4 Å². The largest absolute Gasteiger partial charge is 0.484 e. The zero-order valence-electron chi connectivity index (χ0n) is 13.8. The average molecular weight is 357 g/mol. The van der Waals surface area contributed by atoms with Gasteiger partial charge in [-0.05, 0) is 37.6 Å². The molecule has 1 aromatic heterocycles. The van der Waals surface area contributed by atoms with Gasteiger partial charge in [-0.3, -0.25) is 15.2 Å². The van der Waals surface area contributed by atoms with E-state index in [0.717, 1.165) is 16.7 Å². The molecule has 3 rings (SSSR count). The van der Waals surface area contributed by atoms with Crippen molar-refractivity contribution in [2.45, 2.75) is 13.8 Å². The van der Waals surface area contributed by atoms with Crippen molar-refractivity contribution in [1.82, 2.24) is 15.2 Å². The van der Waals surface area contributed by atoms with E-state index in [9.17, 15) is 4.79 Å². The highest BCUT2D eigenvalue weighted by atomic mass is 35.5. The van der Waals surface area contributed by atoms with Gasteiger partial charge in [-0.25, -0.2) is 0 Å². The molecule has 0 aliphatic carbocycles. The smallest absolute Gasteiger partial charge is 0.264 e. The summed E-state index contributed by atoms with van der Waals surface area (Å²) < 4.78 is 5.44. The van der Waals surface area contributed by atoms with Crippen LogP contribution in [0.1, 0.15) is 11.1 Å². The van der Waals surface area contributed by atoms with Crippen LogP contribution < -0.4 is 10.1 Å². The minimum absolute atomic E-state index is 0.143. The molecule has 0 saturated carbocycles. The quantitative estimate of drug-likeness (QED) is 0.729. The molecular weight excluding hydrogens is 340 g/mol. The predicted molar refractivity (Wildman–Crippen MR) is 96.9 cm³/mol. The zero-order chi connectivity index (χ0) is 17.8. The number of hydrogen-bond acceptors (Lipinski definition) is 4. The molecule has 0 fully saturated rings. The molecule has 0 atom stereocenters. The molecule has 0 aliphatic heterocycles. The van der Waals surface area contributed by atoms with Crippen molar-refractivity contribution in [1.29, 1.82) is 0 Å². The topological polar surface area (TPSA) is 79.9 Å². The van der Waals surface area contributed by atoms with E-state index in [1.165, 1.54) is 0 Å². The Morgan fingerprint density at radius 1 is 1.20 bits per heavy atom. The third kappa shape index (κ3) is 4.36. The van der Waals surface area contributed by atoms with E-state index in [1.54, 1.807) is 18.2 Å². The number of rotatable bonds is 5. The van der Waals surface area contributed by atoms with E-state index < -0.39 is 0 Å². The van der Waals surface area contributed by atoms with Crippen LogP contribution in [0.15, 0.2) is 42.5 Å². The molecule has 25 heavy (non-hydrogen) atoms. The van der Waals surface area contributed by atoms with Crippen LogP contribution >= 0.6 is 11.6 Å². The number of amides is 1. The molecule has 3 aromatic rings. The lowest BCUT2D eigenvalue weighted by Gasteiger charge is -2.07. The van der Waals surface area contributed by atoms with Crippen LogP contribution in [-0.4, -0.2) is 27.7 Å². The summed E-state index contributed by atoms with van der Waals surface area (Å²) in [6, 6.07) is 13.1. The van der Waals surface area contributed by atoms with E-state index in [1.807, 2.05) is 38.1 Å². The number of aromatic amines is 1. The highest BCUT2D eigenvalue weighted by Crippen LogP contribution is 2.21. The SMILES string of the molecule is Cc1ccc(-c2nc(NC(=O)COc3ccc(Cl)c(C)c3)n[nH]2)cc1. The van der Waals surface area contributed by atoms with Crippen LogP contribution in [0.4, 0.5) is 5.95 Å². The van der Waals surface area contributed by atoms with Crippen molar-refractivity contribution in [3.63, 3.8) is 0 Å². The number of carbonyl (C=O) groups excluding carboxylic acids is 1. The van der Waals surface area contributed by atoms with Gasteiger partial charge in [-0.2, -0.15) is 4.98 Å². The number of halogens is 1. The Hall–Kier alpha value is -2.86. The van der Waals surface area contributed by atoms with Gasteiger partial charge in [-0.1, -0.05) is 41.4 Å². The summed E-state index contributed by atoms with van der Waals surface area (Å²) >= 11 is 5.96. The maximum atomic E-state index is 12.0. The molecular formula is C18H17ClN4O2. The molecule has 7 heteroatoms. The molecule has 0 unspecified atom stereocenters. The zero-order valence-corrected chi connectivity index (χ0v) is 14.6. The van der Waals surface area contributed by atoms with Crippen molar-refractivity contribution in [3.8, 4) is 17.1 Å². The van der Waals surface area contributed by atoms with Gasteiger partial charge in [0.1, 0.15) is 5.75 Å². The summed E-state index contributed by atoms with van der Waals surface area (Å²) in [5.74, 6) is 1.02. The Bertz CT molecular complexity index is 890. The van der Waals surface area contributed by atoms with E-state index >= 15 is 0 Å². The Labute approximate surface area is 150 Å². The highest BCUT2D eigenvalue weighted by Gasteiger charge is 2.10. The number of aryl methyl sites for hydroxylation is 2. The van der Waals surface area contributed by atoms with Gasteiger partial charge in [0, 0.05) is 10.6 Å². The van der Waals surface area contributed by atoms with Crippen molar-refractivity contribution in [3.05, 3.63) is 58.6 Å². The van der Waals surface area contributed by atoms with Crippen LogP contribution in [0.3, 0.4) is 0 Å². The van der Waals surface area contributed by atoms with Gasteiger partial charge >= 0.3 is 0 Å². The van der Waals surface area contributed by atoms with Crippen LogP contribution in [0, 0.1) is 13.8 Å². The number of hydrogen-bond donors (Lipinski definition) is 2. The minimum Gasteiger partial charge on any atom is -0.484 e. The number of nitrogens with zero attached hydrogens (tertiary/aromatic N) is 2. The number of ether oxygens (including phenoxy) is 1. The summed E-state index contributed by atoms with van der Waals surface area (Å²) in [6.45, 7) is 3.74. The summed E-state index contributed by atoms with van der Waals surface area (Å²) in [5, 5.41) is 10.0. The summed E-state index contributed by atoms with van der Waals surface area (Å²) in [5.41, 5.74) is 2.94. The molecule has 0 radical (unpaired) electrons. The van der Waals surface area contributed by atoms with Crippen molar-refractivity contribution in [2.75, 3.05) is 11.9 Å². The van der Waals surface area contributed by atoms with Gasteiger partial charge < -0.3 is 4.74 Å². The lowest BCUT2D eigenvalue weighted by atomic mass is 10.1. The summed E-state index contributed by atoms with van der Waals surface area (Å²) in [7, 11) is 0. The monoisotopic (exact) mass is 356 g/mol. The normalized spacial score (nSPS) is 10.5.